The predicted octanol–water partition coefficient (Wildman–Crippen LogP) is -17.7. The van der Waals surface area contributed by atoms with Crippen molar-refractivity contribution in [3.05, 3.63) is 0 Å². The Balaban J connectivity index is 1.15. The van der Waals surface area contributed by atoms with Crippen molar-refractivity contribution in [1.82, 2.24) is 26.6 Å². The molecular weight excluding hydrogens is 1420 g/mol. The van der Waals surface area contributed by atoms with Crippen LogP contribution in [0.2, 0.25) is 0 Å². The minimum atomic E-state index is -2.53. The van der Waals surface area contributed by atoms with E-state index in [1.807, 2.05) is 0 Å². The highest BCUT2D eigenvalue weighted by Crippen LogP contribution is 2.39. The lowest BCUT2D eigenvalue weighted by molar-refractivity contribution is -0.397. The van der Waals surface area contributed by atoms with E-state index in [0.29, 0.717) is 0 Å². The van der Waals surface area contributed by atoms with Gasteiger partial charge in [0, 0.05) is 34.6 Å². The number of nitrogens with one attached hydrogen (secondary N) is 5. The minimum absolute atomic E-state index is 0.772. The van der Waals surface area contributed by atoms with Gasteiger partial charge in [-0.15, -0.1) is 0 Å². The molecule has 0 aromatic heterocycles. The molecule has 0 aromatic carbocycles. The van der Waals surface area contributed by atoms with Crippen LogP contribution < -0.4 is 26.6 Å². The van der Waals surface area contributed by atoms with E-state index < -0.39 is 328 Å². The van der Waals surface area contributed by atoms with Crippen LogP contribution in [0.5, 0.6) is 0 Å². The first-order valence-corrected chi connectivity index (χ1v) is 33.1. The lowest BCUT2D eigenvalue weighted by atomic mass is 9.93. The van der Waals surface area contributed by atoms with Crippen LogP contribution in [0.25, 0.3) is 0 Å². The fourth-order valence-corrected chi connectivity index (χ4v) is 13.4. The molecule has 8 aliphatic heterocycles. The summed E-state index contributed by atoms with van der Waals surface area (Å²) in [6, 6.07) is -8.81. The standard InChI is InChI=1S/C58H97N5O41/c1-14(71)59-27-39(83)45(23(10-68)91-51(27)89)99-54-30(62-17(4)74)41(85)47(25(12-70)96-54)101-56-44(88)48(36(80)26(98-56)13-90-57-49(42(86)34(78)21(8-66)94-57)103-53-29(61-16(3)73)38(82)33(77)20(7-65)93-53)102-58-50(43(87)35(79)22(9-67)95-58)104-55-31(63-18(5)75)40(84)46(24(11-69)97-55)100-52-28(60-15(2)72)37(81)32(76)19(6-64)92-52/h19-58,64-70,76-89H,6-13H2,1-5H3,(H,59,71)(H,60,72)(H,61,73)(H,62,74)(H,63,75)/t19-,20-,21-,22-,23-,24-,25-,26-,27-,28-,29-,30-,31-,32+,33-,34-,35-,36-,37-,38-,39-,40-,41-,42+,43+,44+,45-,46-,47-,48+,49+,50+,51+,52+,53+,54+,55+,56+,57+,58-/m1/s1. The predicted molar refractivity (Wildman–Crippen MR) is 322 cm³/mol. The van der Waals surface area contributed by atoms with Crippen molar-refractivity contribution in [1.29, 1.82) is 0 Å². The zero-order valence-corrected chi connectivity index (χ0v) is 56.3. The molecule has 26 N–H and O–H groups in total. The van der Waals surface area contributed by atoms with Gasteiger partial charge in [0.1, 0.15) is 195 Å². The van der Waals surface area contributed by atoms with Gasteiger partial charge in [-0.1, -0.05) is 0 Å². The number of aliphatic hydroxyl groups is 21. The monoisotopic (exact) mass is 1520 g/mol. The fourth-order valence-electron chi connectivity index (χ4n) is 13.4. The molecule has 40 atom stereocenters. The molecule has 46 heteroatoms. The Morgan fingerprint density at radius 3 is 0.875 bits per heavy atom. The summed E-state index contributed by atoms with van der Waals surface area (Å²) in [6.45, 7) is -3.56. The Labute approximate surface area is 589 Å². The fraction of sp³-hybridized carbons (Fsp3) is 0.914. The molecular formula is C58H97N5O41. The molecule has 0 aliphatic carbocycles. The van der Waals surface area contributed by atoms with Gasteiger partial charge in [-0.05, 0) is 0 Å². The topological polar surface area (TPSA) is 709 Å². The van der Waals surface area contributed by atoms with Crippen molar-refractivity contribution in [2.45, 2.75) is 280 Å². The van der Waals surface area contributed by atoms with Gasteiger partial charge in [0.15, 0.2) is 50.3 Å². The zero-order chi connectivity index (χ0) is 76.8. The van der Waals surface area contributed by atoms with Crippen LogP contribution in [0.3, 0.4) is 0 Å². The molecule has 8 heterocycles. The average molecular weight is 1520 g/mol. The maximum Gasteiger partial charge on any atom is 0.217 e. The number of aliphatic hydroxyl groups excluding tert-OH is 21. The average Bonchev–Trinajstić information content (AvgIpc) is 0.778. The highest BCUT2D eigenvalue weighted by atomic mass is 16.8. The van der Waals surface area contributed by atoms with E-state index in [-0.39, 0.29) is 0 Å². The molecule has 8 saturated heterocycles. The third kappa shape index (κ3) is 19.2. The Kier molecular flexibility index (Phi) is 30.9. The molecule has 0 bridgehead atoms. The lowest BCUT2D eigenvalue weighted by Crippen LogP contribution is -2.71. The van der Waals surface area contributed by atoms with E-state index >= 15 is 0 Å². The second kappa shape index (κ2) is 37.5. The maximum atomic E-state index is 13.0. The van der Waals surface area contributed by atoms with Gasteiger partial charge in [0.2, 0.25) is 29.5 Å². The third-order valence-electron chi connectivity index (χ3n) is 18.7. The Morgan fingerprint density at radius 2 is 0.510 bits per heavy atom. The highest BCUT2D eigenvalue weighted by molar-refractivity contribution is 5.75. The Hall–Kier alpha value is -4.09. The summed E-state index contributed by atoms with van der Waals surface area (Å²) in [5, 5.41) is 246. The van der Waals surface area contributed by atoms with Crippen LogP contribution in [0.15, 0.2) is 0 Å². The molecule has 104 heavy (non-hydrogen) atoms. The van der Waals surface area contributed by atoms with Gasteiger partial charge in [-0.2, -0.15) is 0 Å². The van der Waals surface area contributed by atoms with Gasteiger partial charge < -0.3 is 205 Å². The largest absolute Gasteiger partial charge is 0.394 e. The van der Waals surface area contributed by atoms with Gasteiger partial charge in [0.25, 0.3) is 0 Å². The molecule has 0 aromatic rings. The molecule has 0 saturated carbocycles. The number of rotatable bonds is 27. The number of carbonyl (C=O) groups excluding carboxylic acids is 5. The Bertz CT molecular complexity index is 2770. The normalized spacial score (nSPS) is 47.2. The van der Waals surface area contributed by atoms with Crippen molar-refractivity contribution < 1.29 is 202 Å². The molecule has 5 amide bonds. The van der Waals surface area contributed by atoms with Crippen molar-refractivity contribution in [3.63, 3.8) is 0 Å². The van der Waals surface area contributed by atoms with Gasteiger partial charge >= 0.3 is 0 Å². The Morgan fingerprint density at radius 1 is 0.250 bits per heavy atom. The van der Waals surface area contributed by atoms with E-state index in [2.05, 4.69) is 26.6 Å². The molecule has 8 rings (SSSR count). The summed E-state index contributed by atoms with van der Waals surface area (Å²) < 4.78 is 89.3. The molecule has 0 spiro atoms. The zero-order valence-electron chi connectivity index (χ0n) is 56.3. The molecule has 600 valence electrons. The van der Waals surface area contributed by atoms with Crippen molar-refractivity contribution >= 4 is 29.5 Å². The van der Waals surface area contributed by atoms with E-state index in [1.165, 1.54) is 0 Å². The van der Waals surface area contributed by atoms with Crippen LogP contribution in [0.1, 0.15) is 34.6 Å². The van der Waals surface area contributed by atoms with Crippen LogP contribution in [0.4, 0.5) is 0 Å². The summed E-state index contributed by atoms with van der Waals surface area (Å²) in [5.41, 5.74) is 0. The number of hydrogen-bond donors (Lipinski definition) is 26. The first-order valence-electron chi connectivity index (χ1n) is 33.1. The summed E-state index contributed by atoms with van der Waals surface area (Å²) in [6.07, 6.45) is -71.3. The van der Waals surface area contributed by atoms with E-state index in [0.717, 1.165) is 34.6 Å². The lowest BCUT2D eigenvalue weighted by Gasteiger charge is -2.51. The third-order valence-corrected chi connectivity index (χ3v) is 18.7. The van der Waals surface area contributed by atoms with Crippen molar-refractivity contribution in [2.24, 2.45) is 0 Å². The van der Waals surface area contributed by atoms with Crippen LogP contribution in [0, 0.1) is 0 Å². The SMILES string of the molecule is CC(=O)N[C@@H]1[C@@H](O)[C@H](O[C@@H]2O[C@H](CO)[C@@H](O[C@@H]3O[C@H](CO[C@H]4O[C@H](CO)[C@@H](O)[C@H](O)[C@@H]4O[C@@H]4O[C@H](CO)[C@@H](O)[C@H](O)[C@H]4NC(C)=O)[C@@H](O)[C@H](O[C@H]4O[C@H](CO)[C@@H](O)[C@H](O)[C@@H]4O[C@@H]4O[C@H](CO)[C@@H](O[C@@H]5O[C@H](CO)[C@H](O)[C@H](O)[C@H]5NC(C)=O)[C@H](O)[C@H]4NC(C)=O)[C@@H]3O)[C@H](O)[C@H]2NC(C)=O)[C@@H](CO)O[C@@H]1O. The molecule has 0 unspecified atom stereocenters. The van der Waals surface area contributed by atoms with Crippen LogP contribution in [-0.2, 0) is 95.0 Å². The highest BCUT2D eigenvalue weighted by Gasteiger charge is 2.60. The molecule has 0 radical (unpaired) electrons. The second-order valence-corrected chi connectivity index (χ2v) is 26.1. The van der Waals surface area contributed by atoms with Crippen molar-refractivity contribution in [2.75, 3.05) is 52.9 Å². The maximum absolute atomic E-state index is 13.0. The molecule has 8 aliphatic rings. The quantitative estimate of drug-likeness (QED) is 0.0363. The number of amides is 5. The number of ether oxygens (including phenoxy) is 15. The van der Waals surface area contributed by atoms with E-state index in [1.54, 1.807) is 0 Å². The number of carbonyl (C=O) groups is 5. The summed E-state index contributed by atoms with van der Waals surface area (Å²) in [7, 11) is 0. The van der Waals surface area contributed by atoms with Crippen LogP contribution in [-0.4, -0.2) is 435 Å². The number of hydrogen-bond acceptors (Lipinski definition) is 41. The summed E-state index contributed by atoms with van der Waals surface area (Å²) in [4.78, 5) is 62.7. The van der Waals surface area contributed by atoms with Crippen molar-refractivity contribution in [3.8, 4) is 0 Å². The first-order chi connectivity index (χ1) is 49.2. The van der Waals surface area contributed by atoms with E-state index in [4.69, 9.17) is 71.1 Å². The van der Waals surface area contributed by atoms with Gasteiger partial charge in [-0.3, -0.25) is 24.0 Å². The minimum Gasteiger partial charge on any atom is -0.394 e. The molecule has 46 nitrogen and oxygen atoms in total. The second-order valence-electron chi connectivity index (χ2n) is 26.1. The van der Waals surface area contributed by atoms with Gasteiger partial charge in [-0.25, -0.2) is 0 Å². The van der Waals surface area contributed by atoms with E-state index in [9.17, 15) is 131 Å². The molecule has 8 fully saturated rings. The van der Waals surface area contributed by atoms with Crippen LogP contribution >= 0.6 is 0 Å². The summed E-state index contributed by atoms with van der Waals surface area (Å²) >= 11 is 0. The summed E-state index contributed by atoms with van der Waals surface area (Å²) in [5.74, 6) is -4.26. The first kappa shape index (κ1) is 85.5. The van der Waals surface area contributed by atoms with Gasteiger partial charge in [0.05, 0.1) is 52.9 Å². The smallest absolute Gasteiger partial charge is 0.217 e.